The number of aromatic nitrogens is 1. The van der Waals surface area contributed by atoms with Crippen LogP contribution >= 0.6 is 0 Å². The van der Waals surface area contributed by atoms with Crippen molar-refractivity contribution in [3.63, 3.8) is 0 Å². The van der Waals surface area contributed by atoms with Crippen LogP contribution in [0, 0.1) is 0 Å². The fourth-order valence-corrected chi connectivity index (χ4v) is 3.47. The molecular weight excluding hydrogens is 390 g/mol. The number of aryl methyl sites for hydroxylation is 1. The van der Waals surface area contributed by atoms with E-state index in [4.69, 9.17) is 4.42 Å². The zero-order valence-corrected chi connectivity index (χ0v) is 18.4. The van der Waals surface area contributed by atoms with Crippen molar-refractivity contribution in [2.45, 2.75) is 39.3 Å². The van der Waals surface area contributed by atoms with Crippen molar-refractivity contribution in [3.05, 3.63) is 84.1 Å². The number of carbonyl (C=O) groups is 2. The zero-order chi connectivity index (χ0) is 22.1. The second-order valence-corrected chi connectivity index (χ2v) is 7.77. The maximum absolute atomic E-state index is 13.3. The quantitative estimate of drug-likeness (QED) is 0.470. The number of benzene rings is 1. The highest BCUT2D eigenvalue weighted by atomic mass is 16.3. The molecule has 31 heavy (non-hydrogen) atoms. The number of carbonyl (C=O) groups excluding carboxylic acids is 2. The van der Waals surface area contributed by atoms with Gasteiger partial charge in [0.1, 0.15) is 5.76 Å². The molecule has 0 saturated carbocycles. The van der Waals surface area contributed by atoms with Crippen LogP contribution in [0.15, 0.2) is 71.5 Å². The zero-order valence-electron chi connectivity index (χ0n) is 18.4. The van der Waals surface area contributed by atoms with Crippen LogP contribution in [-0.4, -0.2) is 39.3 Å². The maximum atomic E-state index is 13.3. The summed E-state index contributed by atoms with van der Waals surface area (Å²) < 4.78 is 7.48. The molecule has 0 fully saturated rings. The van der Waals surface area contributed by atoms with E-state index in [9.17, 15) is 9.59 Å². The average molecular weight is 422 g/mol. The molecule has 0 aliphatic carbocycles. The van der Waals surface area contributed by atoms with Gasteiger partial charge in [-0.2, -0.15) is 0 Å². The minimum Gasteiger partial charge on any atom is -0.467 e. The van der Waals surface area contributed by atoms with Crippen LogP contribution in [0.5, 0.6) is 0 Å². The molecule has 2 aromatic heterocycles. The third-order valence-electron chi connectivity index (χ3n) is 5.34. The highest BCUT2D eigenvalue weighted by Gasteiger charge is 2.23. The molecule has 2 amide bonds. The van der Waals surface area contributed by atoms with Gasteiger partial charge in [0.25, 0.3) is 0 Å². The van der Waals surface area contributed by atoms with Gasteiger partial charge in [-0.25, -0.2) is 0 Å². The van der Waals surface area contributed by atoms with Crippen molar-refractivity contribution >= 4 is 11.8 Å². The van der Waals surface area contributed by atoms with Gasteiger partial charge in [-0.1, -0.05) is 43.7 Å². The Morgan fingerprint density at radius 3 is 2.39 bits per heavy atom. The topological polar surface area (TPSA) is 58.7 Å². The number of rotatable bonds is 11. The molecule has 0 aliphatic rings. The highest BCUT2D eigenvalue weighted by Crippen LogP contribution is 2.13. The monoisotopic (exact) mass is 421 g/mol. The van der Waals surface area contributed by atoms with Crippen molar-refractivity contribution in [1.29, 1.82) is 0 Å². The van der Waals surface area contributed by atoms with E-state index in [-0.39, 0.29) is 18.4 Å². The lowest BCUT2D eigenvalue weighted by atomic mass is 10.1. The predicted molar refractivity (Wildman–Crippen MR) is 120 cm³/mol. The Morgan fingerprint density at radius 2 is 1.74 bits per heavy atom. The van der Waals surface area contributed by atoms with Crippen LogP contribution in [0.1, 0.15) is 36.8 Å². The van der Waals surface area contributed by atoms with Crippen molar-refractivity contribution in [2.75, 3.05) is 13.1 Å². The molecule has 2 heterocycles. The van der Waals surface area contributed by atoms with Crippen LogP contribution in [0.3, 0.4) is 0 Å². The van der Waals surface area contributed by atoms with Crippen LogP contribution < -0.4 is 0 Å². The van der Waals surface area contributed by atoms with Gasteiger partial charge in [0, 0.05) is 25.5 Å². The Bertz CT molecular complexity index is 948. The van der Waals surface area contributed by atoms with Gasteiger partial charge in [-0.15, -0.1) is 0 Å². The first-order valence-electron chi connectivity index (χ1n) is 10.8. The second kappa shape index (κ2) is 11.2. The van der Waals surface area contributed by atoms with Gasteiger partial charge < -0.3 is 18.8 Å². The molecule has 0 saturated heterocycles. The highest BCUT2D eigenvalue weighted by molar-refractivity contribution is 5.85. The van der Waals surface area contributed by atoms with Gasteiger partial charge in [0.15, 0.2) is 0 Å². The number of nitrogens with zero attached hydrogens (tertiary/aromatic N) is 3. The van der Waals surface area contributed by atoms with E-state index in [0.29, 0.717) is 26.1 Å². The molecular formula is C25H31N3O3. The Balaban J connectivity index is 1.73. The molecule has 0 spiro atoms. The molecule has 0 radical (unpaired) electrons. The van der Waals surface area contributed by atoms with Gasteiger partial charge in [0.2, 0.25) is 11.8 Å². The standard InChI is InChI=1S/C25H31N3O3/c1-3-4-15-27(24(29)17-21-10-6-5-7-11-21)20-25(30)28(19-23-13-9-16-31-23)18-22-12-8-14-26(22)2/h5-14,16H,3-4,15,17-20H2,1-2H3. The number of amides is 2. The largest absolute Gasteiger partial charge is 0.467 e. The van der Waals surface area contributed by atoms with Crippen LogP contribution in [0.2, 0.25) is 0 Å². The van der Waals surface area contributed by atoms with Crippen LogP contribution in [0.25, 0.3) is 0 Å². The van der Waals surface area contributed by atoms with Crippen LogP contribution in [-0.2, 0) is 36.1 Å². The molecule has 1 aromatic carbocycles. The first-order valence-corrected chi connectivity index (χ1v) is 10.8. The SMILES string of the molecule is CCCCN(CC(=O)N(Cc1ccco1)Cc1cccn1C)C(=O)Cc1ccccc1. The summed E-state index contributed by atoms with van der Waals surface area (Å²) in [5, 5.41) is 0. The molecule has 0 N–H and O–H groups in total. The maximum Gasteiger partial charge on any atom is 0.242 e. The average Bonchev–Trinajstić information content (AvgIpc) is 3.43. The minimum atomic E-state index is -0.0879. The molecule has 6 nitrogen and oxygen atoms in total. The second-order valence-electron chi connectivity index (χ2n) is 7.77. The summed E-state index contributed by atoms with van der Waals surface area (Å²) in [5.41, 5.74) is 1.98. The Labute approximate surface area is 184 Å². The van der Waals surface area contributed by atoms with E-state index in [2.05, 4.69) is 6.92 Å². The molecule has 0 aliphatic heterocycles. The first kappa shape index (κ1) is 22.4. The lowest BCUT2D eigenvalue weighted by molar-refractivity contribution is -0.141. The molecule has 3 aromatic rings. The summed E-state index contributed by atoms with van der Waals surface area (Å²) in [4.78, 5) is 29.8. The van der Waals surface area contributed by atoms with E-state index in [1.165, 1.54) is 0 Å². The van der Waals surface area contributed by atoms with Gasteiger partial charge >= 0.3 is 0 Å². The van der Waals surface area contributed by atoms with Crippen molar-refractivity contribution < 1.29 is 14.0 Å². The number of hydrogen-bond donors (Lipinski definition) is 0. The first-order chi connectivity index (χ1) is 15.1. The van der Waals surface area contributed by atoms with E-state index in [1.807, 2.05) is 72.4 Å². The smallest absolute Gasteiger partial charge is 0.242 e. The van der Waals surface area contributed by atoms with Crippen molar-refractivity contribution in [2.24, 2.45) is 7.05 Å². The summed E-state index contributed by atoms with van der Waals surface area (Å²) in [6.45, 7) is 3.55. The molecule has 0 atom stereocenters. The van der Waals surface area contributed by atoms with Gasteiger partial charge in [-0.3, -0.25) is 9.59 Å². The summed E-state index contributed by atoms with van der Waals surface area (Å²) in [6.07, 6.45) is 5.69. The lowest BCUT2D eigenvalue weighted by Crippen LogP contribution is -2.43. The van der Waals surface area contributed by atoms with Gasteiger partial charge in [-0.05, 0) is 36.2 Å². The molecule has 0 bridgehead atoms. The Morgan fingerprint density at radius 1 is 0.935 bits per heavy atom. The normalized spacial score (nSPS) is 10.8. The number of hydrogen-bond acceptors (Lipinski definition) is 3. The number of unbranched alkanes of at least 4 members (excludes halogenated alkanes) is 1. The van der Waals surface area contributed by atoms with Gasteiger partial charge in [0.05, 0.1) is 32.3 Å². The predicted octanol–water partition coefficient (Wildman–Crippen LogP) is 4.02. The third-order valence-corrected chi connectivity index (χ3v) is 5.34. The third kappa shape index (κ3) is 6.60. The Hall–Kier alpha value is -3.28. The molecule has 3 rings (SSSR count). The molecule has 164 valence electrons. The summed E-state index contributed by atoms with van der Waals surface area (Å²) in [5.74, 6) is 0.609. The number of furan rings is 1. The Kier molecular flexibility index (Phi) is 8.10. The van der Waals surface area contributed by atoms with E-state index < -0.39 is 0 Å². The summed E-state index contributed by atoms with van der Waals surface area (Å²) in [7, 11) is 1.96. The van der Waals surface area contributed by atoms with E-state index in [1.54, 1.807) is 16.1 Å². The summed E-state index contributed by atoms with van der Waals surface area (Å²) >= 11 is 0. The van der Waals surface area contributed by atoms with Crippen LogP contribution in [0.4, 0.5) is 0 Å². The molecule has 6 heteroatoms. The van der Waals surface area contributed by atoms with Crippen molar-refractivity contribution in [1.82, 2.24) is 14.4 Å². The molecule has 0 unspecified atom stereocenters. The van der Waals surface area contributed by atoms with E-state index in [0.717, 1.165) is 29.9 Å². The minimum absolute atomic E-state index is 0.0233. The summed E-state index contributed by atoms with van der Waals surface area (Å²) in [6, 6.07) is 17.3. The lowest BCUT2D eigenvalue weighted by Gasteiger charge is -2.27. The fourth-order valence-electron chi connectivity index (χ4n) is 3.47. The van der Waals surface area contributed by atoms with E-state index >= 15 is 0 Å². The fraction of sp³-hybridized carbons (Fsp3) is 0.360. The van der Waals surface area contributed by atoms with Crippen molar-refractivity contribution in [3.8, 4) is 0 Å².